The summed E-state index contributed by atoms with van der Waals surface area (Å²) in [5.41, 5.74) is 0. The fourth-order valence-corrected chi connectivity index (χ4v) is 2.79. The number of nitrogens with one attached hydrogen (secondary N) is 1. The summed E-state index contributed by atoms with van der Waals surface area (Å²) in [5, 5.41) is 3.78. The van der Waals surface area contributed by atoms with Crippen molar-refractivity contribution < 1.29 is 4.21 Å². The van der Waals surface area contributed by atoms with Gasteiger partial charge in [-0.25, -0.2) is 0 Å². The topological polar surface area (TPSA) is 29.1 Å². The lowest BCUT2D eigenvalue weighted by atomic mass is 10.1. The van der Waals surface area contributed by atoms with Crippen LogP contribution in [0.25, 0.3) is 0 Å². The molecule has 0 bridgehead atoms. The van der Waals surface area contributed by atoms with Gasteiger partial charge in [-0.1, -0.05) is 0 Å². The lowest BCUT2D eigenvalue weighted by Gasteiger charge is -2.23. The van der Waals surface area contributed by atoms with E-state index in [1.165, 1.54) is 24.3 Å². The maximum Gasteiger partial charge on any atom is 0.0441 e. The Labute approximate surface area is 87.7 Å². The van der Waals surface area contributed by atoms with Gasteiger partial charge in [0.25, 0.3) is 0 Å². The summed E-state index contributed by atoms with van der Waals surface area (Å²) < 4.78 is 11.1. The van der Waals surface area contributed by atoms with E-state index in [0.717, 1.165) is 6.54 Å². The normalized spacial score (nSPS) is 24.2. The lowest BCUT2D eigenvalue weighted by molar-refractivity contribution is 0.484. The molecule has 2 unspecified atom stereocenters. The first-order chi connectivity index (χ1) is 6.20. The summed E-state index contributed by atoms with van der Waals surface area (Å²) in [7, 11) is -0.682. The van der Waals surface area contributed by atoms with Crippen LogP contribution >= 0.6 is 11.8 Å². The van der Waals surface area contributed by atoms with Gasteiger partial charge in [0.15, 0.2) is 0 Å². The number of hydrogen-bond acceptors (Lipinski definition) is 3. The SMILES string of the molecule is CC(CNC1CCSCC1)S(C)=O. The molecule has 13 heavy (non-hydrogen) atoms. The van der Waals surface area contributed by atoms with Crippen molar-refractivity contribution in [3.05, 3.63) is 0 Å². The van der Waals surface area contributed by atoms with Crippen LogP contribution in [0.5, 0.6) is 0 Å². The monoisotopic (exact) mass is 221 g/mol. The molecule has 0 amide bonds. The van der Waals surface area contributed by atoms with Gasteiger partial charge in [0.2, 0.25) is 0 Å². The third-order valence-corrected chi connectivity index (χ3v) is 4.83. The average Bonchev–Trinajstić information content (AvgIpc) is 2.15. The van der Waals surface area contributed by atoms with Crippen molar-refractivity contribution in [1.29, 1.82) is 0 Å². The van der Waals surface area contributed by atoms with Crippen LogP contribution in [-0.4, -0.2) is 39.8 Å². The van der Waals surface area contributed by atoms with Crippen LogP contribution in [0.2, 0.25) is 0 Å². The highest BCUT2D eigenvalue weighted by Gasteiger charge is 2.14. The molecule has 1 fully saturated rings. The van der Waals surface area contributed by atoms with Crippen molar-refractivity contribution >= 4 is 22.6 Å². The van der Waals surface area contributed by atoms with Crippen molar-refractivity contribution in [2.45, 2.75) is 31.1 Å². The maximum absolute atomic E-state index is 11.1. The van der Waals surface area contributed by atoms with Crippen molar-refractivity contribution in [3.8, 4) is 0 Å². The molecule has 0 aromatic heterocycles. The van der Waals surface area contributed by atoms with Crippen LogP contribution in [0.4, 0.5) is 0 Å². The van der Waals surface area contributed by atoms with E-state index < -0.39 is 10.8 Å². The van der Waals surface area contributed by atoms with Gasteiger partial charge in [-0.2, -0.15) is 11.8 Å². The van der Waals surface area contributed by atoms with E-state index in [4.69, 9.17) is 0 Å². The molecule has 0 aromatic carbocycles. The fraction of sp³-hybridized carbons (Fsp3) is 1.00. The molecule has 1 aliphatic heterocycles. The number of hydrogen-bond donors (Lipinski definition) is 1. The predicted molar refractivity (Wildman–Crippen MR) is 61.9 cm³/mol. The Bertz CT molecular complexity index is 169. The predicted octanol–water partition coefficient (Wildman–Crippen LogP) is 1.24. The highest BCUT2D eigenvalue weighted by Crippen LogP contribution is 2.16. The molecular weight excluding hydrogens is 202 g/mol. The van der Waals surface area contributed by atoms with Gasteiger partial charge in [-0.3, -0.25) is 4.21 Å². The molecule has 4 heteroatoms. The Morgan fingerprint density at radius 2 is 2.15 bits per heavy atom. The second-order valence-electron chi connectivity index (χ2n) is 3.60. The first-order valence-electron chi connectivity index (χ1n) is 4.83. The van der Waals surface area contributed by atoms with Crippen molar-refractivity contribution in [2.75, 3.05) is 24.3 Å². The summed E-state index contributed by atoms with van der Waals surface area (Å²) in [6.07, 6.45) is 4.32. The Morgan fingerprint density at radius 3 is 2.69 bits per heavy atom. The summed E-state index contributed by atoms with van der Waals surface area (Å²) in [4.78, 5) is 0. The van der Waals surface area contributed by atoms with Gasteiger partial charge in [0, 0.05) is 34.9 Å². The molecule has 2 atom stereocenters. The molecule has 0 spiro atoms. The quantitative estimate of drug-likeness (QED) is 0.774. The summed E-state index contributed by atoms with van der Waals surface area (Å²) >= 11 is 2.04. The third-order valence-electron chi connectivity index (χ3n) is 2.48. The fourth-order valence-electron chi connectivity index (χ4n) is 1.35. The van der Waals surface area contributed by atoms with Gasteiger partial charge in [-0.15, -0.1) is 0 Å². The van der Waals surface area contributed by atoms with Crippen LogP contribution in [0.15, 0.2) is 0 Å². The van der Waals surface area contributed by atoms with Gasteiger partial charge >= 0.3 is 0 Å². The van der Waals surface area contributed by atoms with Crippen molar-refractivity contribution in [3.63, 3.8) is 0 Å². The zero-order chi connectivity index (χ0) is 9.68. The van der Waals surface area contributed by atoms with E-state index in [-0.39, 0.29) is 5.25 Å². The van der Waals surface area contributed by atoms with Crippen LogP contribution in [0, 0.1) is 0 Å². The number of rotatable bonds is 4. The molecule has 0 aromatic rings. The first kappa shape index (κ1) is 11.5. The van der Waals surface area contributed by atoms with Crippen LogP contribution in [-0.2, 0) is 10.8 Å². The lowest BCUT2D eigenvalue weighted by Crippen LogP contribution is -2.38. The summed E-state index contributed by atoms with van der Waals surface area (Å²) in [5.74, 6) is 2.56. The average molecular weight is 221 g/mol. The van der Waals surface area contributed by atoms with Crippen LogP contribution < -0.4 is 5.32 Å². The Morgan fingerprint density at radius 1 is 1.54 bits per heavy atom. The molecule has 1 rings (SSSR count). The second-order valence-corrected chi connectivity index (χ2v) is 6.63. The largest absolute Gasteiger partial charge is 0.313 e. The minimum atomic E-state index is -0.682. The molecule has 1 saturated heterocycles. The Balaban J connectivity index is 2.13. The highest BCUT2D eigenvalue weighted by atomic mass is 32.2. The summed E-state index contributed by atoms with van der Waals surface area (Å²) in [6.45, 7) is 2.94. The van der Waals surface area contributed by atoms with Gasteiger partial charge < -0.3 is 5.32 Å². The zero-order valence-electron chi connectivity index (χ0n) is 8.41. The molecule has 0 aliphatic carbocycles. The minimum Gasteiger partial charge on any atom is -0.313 e. The molecular formula is C9H19NOS2. The van der Waals surface area contributed by atoms with E-state index in [1.54, 1.807) is 6.26 Å². The van der Waals surface area contributed by atoms with Crippen LogP contribution in [0.1, 0.15) is 19.8 Å². The van der Waals surface area contributed by atoms with Crippen molar-refractivity contribution in [1.82, 2.24) is 5.32 Å². The molecule has 2 nitrogen and oxygen atoms in total. The molecule has 1 N–H and O–H groups in total. The molecule has 1 heterocycles. The van der Waals surface area contributed by atoms with Crippen LogP contribution in [0.3, 0.4) is 0 Å². The van der Waals surface area contributed by atoms with Gasteiger partial charge in [-0.05, 0) is 31.3 Å². The van der Waals surface area contributed by atoms with Gasteiger partial charge in [0.1, 0.15) is 0 Å². The van der Waals surface area contributed by atoms with E-state index in [1.807, 2.05) is 18.7 Å². The van der Waals surface area contributed by atoms with Gasteiger partial charge in [0.05, 0.1) is 0 Å². The molecule has 0 saturated carbocycles. The zero-order valence-corrected chi connectivity index (χ0v) is 10.0. The smallest absolute Gasteiger partial charge is 0.0441 e. The molecule has 0 radical (unpaired) electrons. The standard InChI is InChI=1S/C9H19NOS2/c1-8(13(2)11)7-10-9-3-5-12-6-4-9/h8-10H,3-7H2,1-2H3. The van der Waals surface area contributed by atoms with E-state index in [0.29, 0.717) is 6.04 Å². The minimum absolute atomic E-state index is 0.287. The molecule has 1 aliphatic rings. The summed E-state index contributed by atoms with van der Waals surface area (Å²) in [6, 6.07) is 0.673. The first-order valence-corrected chi connectivity index (χ1v) is 7.61. The maximum atomic E-state index is 11.1. The van der Waals surface area contributed by atoms with E-state index in [9.17, 15) is 4.21 Å². The Hall–Kier alpha value is 0.460. The highest BCUT2D eigenvalue weighted by molar-refractivity contribution is 7.99. The van der Waals surface area contributed by atoms with E-state index >= 15 is 0 Å². The van der Waals surface area contributed by atoms with E-state index in [2.05, 4.69) is 5.32 Å². The van der Waals surface area contributed by atoms with Crippen molar-refractivity contribution in [2.24, 2.45) is 0 Å². The molecule has 78 valence electrons. The third kappa shape index (κ3) is 4.47. The number of thioether (sulfide) groups is 1. The Kier molecular flexibility index (Phi) is 5.36. The second kappa shape index (κ2) is 6.04.